The molecule has 0 saturated heterocycles. The number of carbonyl (C=O) groups excluding carboxylic acids is 1. The van der Waals surface area contributed by atoms with Gasteiger partial charge in [0, 0.05) is 38.0 Å². The van der Waals surface area contributed by atoms with Crippen LogP contribution in [0, 0.1) is 6.92 Å². The third-order valence-electron chi connectivity index (χ3n) is 3.60. The van der Waals surface area contributed by atoms with Crippen molar-refractivity contribution >= 4 is 12.0 Å². The molecule has 2 rings (SSSR count). The van der Waals surface area contributed by atoms with Crippen molar-refractivity contribution in [3.63, 3.8) is 0 Å². The summed E-state index contributed by atoms with van der Waals surface area (Å²) in [6.07, 6.45) is 4.85. The summed E-state index contributed by atoms with van der Waals surface area (Å²) in [7, 11) is 3.47. The SMILES string of the molecule is Cc1c(C=CC(=O)N(C)Cc2cccc(OC(F)F)c2)cnn1C. The Morgan fingerprint density at radius 3 is 2.83 bits per heavy atom. The van der Waals surface area contributed by atoms with Gasteiger partial charge in [-0.3, -0.25) is 9.48 Å². The number of aryl methyl sites for hydroxylation is 1. The molecule has 1 aromatic heterocycles. The molecule has 7 heteroatoms. The van der Waals surface area contributed by atoms with Crippen LogP contribution in [-0.2, 0) is 18.4 Å². The Morgan fingerprint density at radius 2 is 2.21 bits per heavy atom. The van der Waals surface area contributed by atoms with E-state index in [1.165, 1.54) is 23.1 Å². The van der Waals surface area contributed by atoms with Crippen LogP contribution in [0.3, 0.4) is 0 Å². The second kappa shape index (κ2) is 7.72. The molecule has 0 saturated carbocycles. The Kier molecular flexibility index (Phi) is 5.68. The summed E-state index contributed by atoms with van der Waals surface area (Å²) in [5.41, 5.74) is 2.53. The summed E-state index contributed by atoms with van der Waals surface area (Å²) in [5.74, 6) is -0.122. The van der Waals surface area contributed by atoms with E-state index in [2.05, 4.69) is 9.84 Å². The number of rotatable bonds is 6. The molecule has 0 spiro atoms. The minimum absolute atomic E-state index is 0.0740. The number of aromatic nitrogens is 2. The number of carbonyl (C=O) groups is 1. The fourth-order valence-corrected chi connectivity index (χ4v) is 2.14. The minimum atomic E-state index is -2.87. The first-order valence-corrected chi connectivity index (χ1v) is 7.32. The molecular weight excluding hydrogens is 316 g/mol. The van der Waals surface area contributed by atoms with Crippen molar-refractivity contribution in [2.45, 2.75) is 20.1 Å². The molecule has 1 heterocycles. The van der Waals surface area contributed by atoms with Gasteiger partial charge < -0.3 is 9.64 Å². The van der Waals surface area contributed by atoms with Gasteiger partial charge in [0.25, 0.3) is 0 Å². The van der Waals surface area contributed by atoms with Crippen LogP contribution < -0.4 is 4.74 Å². The van der Waals surface area contributed by atoms with Gasteiger partial charge >= 0.3 is 6.61 Å². The number of alkyl halides is 2. The van der Waals surface area contributed by atoms with Gasteiger partial charge in [-0.25, -0.2) is 0 Å². The topological polar surface area (TPSA) is 47.4 Å². The molecule has 2 aromatic rings. The number of likely N-dealkylation sites (N-methyl/N-ethyl adjacent to an activating group) is 1. The lowest BCUT2D eigenvalue weighted by molar-refractivity contribution is -0.125. The highest BCUT2D eigenvalue weighted by molar-refractivity contribution is 5.91. The fourth-order valence-electron chi connectivity index (χ4n) is 2.14. The number of ether oxygens (including phenoxy) is 1. The maximum Gasteiger partial charge on any atom is 0.387 e. The summed E-state index contributed by atoms with van der Waals surface area (Å²) < 4.78 is 30.6. The molecule has 0 aliphatic carbocycles. The molecule has 0 radical (unpaired) electrons. The quantitative estimate of drug-likeness (QED) is 0.763. The number of nitrogens with zero attached hydrogens (tertiary/aromatic N) is 3. The van der Waals surface area contributed by atoms with Gasteiger partial charge in [0.15, 0.2) is 0 Å². The molecule has 0 N–H and O–H groups in total. The summed E-state index contributed by atoms with van der Waals surface area (Å²) in [6, 6.07) is 6.30. The molecule has 0 atom stereocenters. The molecule has 128 valence electrons. The highest BCUT2D eigenvalue weighted by atomic mass is 19.3. The summed E-state index contributed by atoms with van der Waals surface area (Å²) in [5, 5.41) is 4.11. The van der Waals surface area contributed by atoms with Crippen LogP contribution in [0.1, 0.15) is 16.8 Å². The monoisotopic (exact) mass is 335 g/mol. The van der Waals surface area contributed by atoms with E-state index in [9.17, 15) is 13.6 Å². The van der Waals surface area contributed by atoms with Crippen LogP contribution in [0.5, 0.6) is 5.75 Å². The van der Waals surface area contributed by atoms with E-state index in [-0.39, 0.29) is 18.2 Å². The Morgan fingerprint density at radius 1 is 1.46 bits per heavy atom. The molecular formula is C17H19F2N3O2. The van der Waals surface area contributed by atoms with Crippen LogP contribution in [0.15, 0.2) is 36.5 Å². The Hall–Kier alpha value is -2.70. The Balaban J connectivity index is 2.00. The summed E-state index contributed by atoms with van der Waals surface area (Å²) in [6.45, 7) is -0.671. The first-order valence-electron chi connectivity index (χ1n) is 7.32. The van der Waals surface area contributed by atoms with E-state index in [4.69, 9.17) is 0 Å². The third-order valence-corrected chi connectivity index (χ3v) is 3.60. The van der Waals surface area contributed by atoms with Crippen molar-refractivity contribution < 1.29 is 18.3 Å². The van der Waals surface area contributed by atoms with Crippen molar-refractivity contribution in [3.8, 4) is 5.75 Å². The van der Waals surface area contributed by atoms with Crippen LogP contribution >= 0.6 is 0 Å². The lowest BCUT2D eigenvalue weighted by atomic mass is 10.2. The second-order valence-corrected chi connectivity index (χ2v) is 5.36. The highest BCUT2D eigenvalue weighted by Crippen LogP contribution is 2.17. The van der Waals surface area contributed by atoms with Crippen LogP contribution in [0.4, 0.5) is 8.78 Å². The van der Waals surface area contributed by atoms with Crippen molar-refractivity contribution in [1.29, 1.82) is 0 Å². The minimum Gasteiger partial charge on any atom is -0.435 e. The van der Waals surface area contributed by atoms with Crippen molar-refractivity contribution in [2.24, 2.45) is 7.05 Å². The first-order chi connectivity index (χ1) is 11.4. The van der Waals surface area contributed by atoms with Gasteiger partial charge in [-0.1, -0.05) is 12.1 Å². The van der Waals surface area contributed by atoms with Crippen molar-refractivity contribution in [1.82, 2.24) is 14.7 Å². The molecule has 0 unspecified atom stereocenters. The molecule has 0 aliphatic rings. The maximum absolute atomic E-state index is 12.2. The first kappa shape index (κ1) is 17.7. The van der Waals surface area contributed by atoms with E-state index < -0.39 is 6.61 Å². The molecule has 0 aliphatic heterocycles. The van der Waals surface area contributed by atoms with Crippen molar-refractivity contribution in [3.05, 3.63) is 53.4 Å². The van der Waals surface area contributed by atoms with Gasteiger partial charge in [-0.2, -0.15) is 13.9 Å². The lowest BCUT2D eigenvalue weighted by Crippen LogP contribution is -2.24. The van der Waals surface area contributed by atoms with Crippen LogP contribution in [0.2, 0.25) is 0 Å². The predicted molar refractivity (Wildman–Crippen MR) is 86.5 cm³/mol. The third kappa shape index (κ3) is 4.65. The van der Waals surface area contributed by atoms with E-state index in [0.29, 0.717) is 5.56 Å². The number of hydrogen-bond donors (Lipinski definition) is 0. The lowest BCUT2D eigenvalue weighted by Gasteiger charge is -2.16. The summed E-state index contributed by atoms with van der Waals surface area (Å²) in [4.78, 5) is 13.7. The second-order valence-electron chi connectivity index (χ2n) is 5.36. The number of hydrogen-bond acceptors (Lipinski definition) is 3. The number of benzene rings is 1. The zero-order valence-corrected chi connectivity index (χ0v) is 13.7. The standard InChI is InChI=1S/C17H19F2N3O2/c1-12-14(10-20-22(12)3)7-8-16(23)21(2)11-13-5-4-6-15(9-13)24-17(18)19/h4-10,17H,11H2,1-3H3. The van der Waals surface area contributed by atoms with E-state index in [1.54, 1.807) is 36.1 Å². The van der Waals surface area contributed by atoms with E-state index in [0.717, 1.165) is 11.3 Å². The number of amides is 1. The predicted octanol–water partition coefficient (Wildman–Crippen LogP) is 3.00. The Labute approximate surface area is 139 Å². The van der Waals surface area contributed by atoms with Crippen molar-refractivity contribution in [2.75, 3.05) is 7.05 Å². The summed E-state index contributed by atoms with van der Waals surface area (Å²) >= 11 is 0. The molecule has 0 bridgehead atoms. The van der Waals surface area contributed by atoms with Gasteiger partial charge in [-0.05, 0) is 30.7 Å². The van der Waals surface area contributed by atoms with Crippen LogP contribution in [-0.4, -0.2) is 34.2 Å². The molecule has 5 nitrogen and oxygen atoms in total. The fraction of sp³-hybridized carbons (Fsp3) is 0.294. The van der Waals surface area contributed by atoms with Gasteiger partial charge in [0.2, 0.25) is 5.91 Å². The molecule has 1 amide bonds. The Bertz CT molecular complexity index is 741. The van der Waals surface area contributed by atoms with E-state index >= 15 is 0 Å². The highest BCUT2D eigenvalue weighted by Gasteiger charge is 2.09. The normalized spacial score (nSPS) is 11.2. The van der Waals surface area contributed by atoms with Crippen LogP contribution in [0.25, 0.3) is 6.08 Å². The smallest absolute Gasteiger partial charge is 0.387 e. The maximum atomic E-state index is 12.2. The molecule has 1 aromatic carbocycles. The average Bonchev–Trinajstić information content (AvgIpc) is 2.84. The molecule has 24 heavy (non-hydrogen) atoms. The van der Waals surface area contributed by atoms with Gasteiger partial charge in [0.05, 0.1) is 6.20 Å². The van der Waals surface area contributed by atoms with Gasteiger partial charge in [0.1, 0.15) is 5.75 Å². The zero-order valence-electron chi connectivity index (χ0n) is 13.7. The largest absolute Gasteiger partial charge is 0.435 e. The average molecular weight is 335 g/mol. The van der Waals surface area contributed by atoms with E-state index in [1.807, 2.05) is 14.0 Å². The zero-order chi connectivity index (χ0) is 17.7. The van der Waals surface area contributed by atoms with Gasteiger partial charge in [-0.15, -0.1) is 0 Å². The number of halogens is 2. The molecule has 0 fully saturated rings.